The predicted molar refractivity (Wildman–Crippen MR) is 62.1 cm³/mol. The highest BCUT2D eigenvalue weighted by Crippen LogP contribution is 2.26. The van der Waals surface area contributed by atoms with Gasteiger partial charge in [-0.3, -0.25) is 0 Å². The highest BCUT2D eigenvalue weighted by molar-refractivity contribution is 6.32. The molecule has 1 aliphatic rings. The minimum absolute atomic E-state index is 0.240. The number of halogens is 1. The molecule has 1 aliphatic heterocycles. The molecular formula is C12H15ClO3. The van der Waals surface area contributed by atoms with Gasteiger partial charge in [-0.2, -0.15) is 0 Å². The van der Waals surface area contributed by atoms with Crippen LogP contribution in [0.4, 0.5) is 0 Å². The molecule has 2 rings (SSSR count). The van der Waals surface area contributed by atoms with Crippen LogP contribution in [0, 0.1) is 13.8 Å². The fourth-order valence-electron chi connectivity index (χ4n) is 1.66. The molecule has 88 valence electrons. The lowest BCUT2D eigenvalue weighted by molar-refractivity contribution is -0.0684. The molecule has 1 heterocycles. The lowest BCUT2D eigenvalue weighted by Crippen LogP contribution is -2.18. The smallest absolute Gasteiger partial charge is 0.191 e. The molecule has 0 amide bonds. The van der Waals surface area contributed by atoms with Crippen LogP contribution in [0.5, 0.6) is 5.75 Å². The summed E-state index contributed by atoms with van der Waals surface area (Å²) in [6.07, 6.45) is -0.240. The van der Waals surface area contributed by atoms with E-state index in [4.69, 9.17) is 25.8 Å². The van der Waals surface area contributed by atoms with Crippen molar-refractivity contribution < 1.29 is 14.2 Å². The molecule has 0 aromatic heterocycles. The summed E-state index contributed by atoms with van der Waals surface area (Å²) in [4.78, 5) is 0. The predicted octanol–water partition coefficient (Wildman–Crippen LogP) is 2.71. The SMILES string of the molecule is Cc1cc(OCC2OCCO2)cc(C)c1Cl. The molecule has 1 aromatic carbocycles. The molecule has 0 saturated carbocycles. The van der Waals surface area contributed by atoms with Crippen LogP contribution in [-0.2, 0) is 9.47 Å². The molecule has 3 nitrogen and oxygen atoms in total. The van der Waals surface area contributed by atoms with Crippen LogP contribution in [0.1, 0.15) is 11.1 Å². The summed E-state index contributed by atoms with van der Waals surface area (Å²) in [7, 11) is 0. The first-order valence-electron chi connectivity index (χ1n) is 5.29. The molecule has 0 unspecified atom stereocenters. The van der Waals surface area contributed by atoms with Crippen LogP contribution in [0.25, 0.3) is 0 Å². The third-order valence-electron chi connectivity index (χ3n) is 2.49. The number of hydrogen-bond acceptors (Lipinski definition) is 3. The van der Waals surface area contributed by atoms with Gasteiger partial charge in [0.25, 0.3) is 0 Å². The topological polar surface area (TPSA) is 27.7 Å². The van der Waals surface area contributed by atoms with E-state index in [1.165, 1.54) is 0 Å². The van der Waals surface area contributed by atoms with Crippen LogP contribution in [-0.4, -0.2) is 26.1 Å². The number of aryl methyl sites for hydroxylation is 2. The summed E-state index contributed by atoms with van der Waals surface area (Å²) in [6.45, 7) is 5.63. The Bertz CT molecular complexity index is 350. The van der Waals surface area contributed by atoms with Crippen LogP contribution in [0.2, 0.25) is 5.02 Å². The number of hydrogen-bond donors (Lipinski definition) is 0. The van der Waals surface area contributed by atoms with Crippen molar-refractivity contribution in [3.05, 3.63) is 28.3 Å². The normalized spacial score (nSPS) is 16.7. The van der Waals surface area contributed by atoms with Crippen molar-refractivity contribution in [2.24, 2.45) is 0 Å². The lowest BCUT2D eigenvalue weighted by Gasteiger charge is -2.13. The summed E-state index contributed by atoms with van der Waals surface area (Å²) in [5, 5.41) is 0.792. The zero-order chi connectivity index (χ0) is 11.5. The van der Waals surface area contributed by atoms with E-state index in [2.05, 4.69) is 0 Å². The third-order valence-corrected chi connectivity index (χ3v) is 3.08. The van der Waals surface area contributed by atoms with Gasteiger partial charge in [-0.25, -0.2) is 0 Å². The van der Waals surface area contributed by atoms with Gasteiger partial charge in [-0.05, 0) is 37.1 Å². The fourth-order valence-corrected chi connectivity index (χ4v) is 1.77. The largest absolute Gasteiger partial charge is 0.488 e. The summed E-state index contributed by atoms with van der Waals surface area (Å²) < 4.78 is 16.2. The zero-order valence-corrected chi connectivity index (χ0v) is 10.2. The Morgan fingerprint density at radius 1 is 1.25 bits per heavy atom. The summed E-state index contributed by atoms with van der Waals surface area (Å²) in [6, 6.07) is 3.84. The summed E-state index contributed by atoms with van der Waals surface area (Å²) in [5.74, 6) is 0.804. The quantitative estimate of drug-likeness (QED) is 0.816. The molecule has 0 aliphatic carbocycles. The minimum atomic E-state index is -0.240. The molecule has 16 heavy (non-hydrogen) atoms. The van der Waals surface area contributed by atoms with Gasteiger partial charge in [0.2, 0.25) is 0 Å². The van der Waals surface area contributed by atoms with E-state index >= 15 is 0 Å². The highest BCUT2D eigenvalue weighted by atomic mass is 35.5. The van der Waals surface area contributed by atoms with Gasteiger partial charge < -0.3 is 14.2 Å². The standard InChI is InChI=1S/C12H15ClO3/c1-8-5-10(6-9(2)12(8)13)16-7-11-14-3-4-15-11/h5-6,11H,3-4,7H2,1-2H3. The van der Waals surface area contributed by atoms with E-state index in [9.17, 15) is 0 Å². The van der Waals surface area contributed by atoms with E-state index < -0.39 is 0 Å². The maximum atomic E-state index is 6.07. The second-order valence-corrected chi connectivity index (χ2v) is 4.23. The number of ether oxygens (including phenoxy) is 3. The van der Waals surface area contributed by atoms with E-state index in [0.717, 1.165) is 21.9 Å². The average molecular weight is 243 g/mol. The van der Waals surface area contributed by atoms with Gasteiger partial charge in [-0.15, -0.1) is 0 Å². The molecule has 0 radical (unpaired) electrons. The van der Waals surface area contributed by atoms with Gasteiger partial charge in [-0.1, -0.05) is 11.6 Å². The molecule has 1 saturated heterocycles. The molecule has 1 fully saturated rings. The molecule has 4 heteroatoms. The van der Waals surface area contributed by atoms with Gasteiger partial charge in [0.05, 0.1) is 13.2 Å². The Kier molecular flexibility index (Phi) is 3.69. The van der Waals surface area contributed by atoms with Crippen molar-refractivity contribution in [1.82, 2.24) is 0 Å². The Labute approximate surface area is 100 Å². The third kappa shape index (κ3) is 2.67. The number of rotatable bonds is 3. The van der Waals surface area contributed by atoms with Crippen molar-refractivity contribution in [1.29, 1.82) is 0 Å². The van der Waals surface area contributed by atoms with Crippen LogP contribution < -0.4 is 4.74 Å². The summed E-state index contributed by atoms with van der Waals surface area (Å²) >= 11 is 6.07. The van der Waals surface area contributed by atoms with Gasteiger partial charge in [0.15, 0.2) is 6.29 Å². The van der Waals surface area contributed by atoms with E-state index in [1.807, 2.05) is 26.0 Å². The first-order chi connectivity index (χ1) is 7.66. The first-order valence-corrected chi connectivity index (χ1v) is 5.67. The van der Waals surface area contributed by atoms with E-state index in [-0.39, 0.29) is 6.29 Å². The Morgan fingerprint density at radius 2 is 1.81 bits per heavy atom. The molecule has 0 bridgehead atoms. The maximum absolute atomic E-state index is 6.07. The van der Waals surface area contributed by atoms with Gasteiger partial charge >= 0.3 is 0 Å². The van der Waals surface area contributed by atoms with Crippen LogP contribution >= 0.6 is 11.6 Å². The Balaban J connectivity index is 1.98. The molecule has 0 atom stereocenters. The van der Waals surface area contributed by atoms with E-state index in [0.29, 0.717) is 19.8 Å². The van der Waals surface area contributed by atoms with Crippen molar-refractivity contribution in [3.63, 3.8) is 0 Å². The molecule has 0 spiro atoms. The first kappa shape index (κ1) is 11.7. The average Bonchev–Trinajstić information content (AvgIpc) is 2.75. The highest BCUT2D eigenvalue weighted by Gasteiger charge is 2.16. The number of benzene rings is 1. The fraction of sp³-hybridized carbons (Fsp3) is 0.500. The monoisotopic (exact) mass is 242 g/mol. The van der Waals surface area contributed by atoms with Gasteiger partial charge in [0, 0.05) is 5.02 Å². The lowest BCUT2D eigenvalue weighted by atomic mass is 10.1. The minimum Gasteiger partial charge on any atom is -0.488 e. The second-order valence-electron chi connectivity index (χ2n) is 3.85. The van der Waals surface area contributed by atoms with Crippen LogP contribution in [0.3, 0.4) is 0 Å². The van der Waals surface area contributed by atoms with Gasteiger partial charge in [0.1, 0.15) is 12.4 Å². The summed E-state index contributed by atoms with van der Waals surface area (Å²) in [5.41, 5.74) is 2.04. The molecular weight excluding hydrogens is 228 g/mol. The maximum Gasteiger partial charge on any atom is 0.191 e. The van der Waals surface area contributed by atoms with Crippen molar-refractivity contribution >= 4 is 11.6 Å². The van der Waals surface area contributed by atoms with Crippen molar-refractivity contribution in [2.75, 3.05) is 19.8 Å². The van der Waals surface area contributed by atoms with Crippen LogP contribution in [0.15, 0.2) is 12.1 Å². The zero-order valence-electron chi connectivity index (χ0n) is 9.46. The second kappa shape index (κ2) is 5.04. The Hall–Kier alpha value is -0.770. The Morgan fingerprint density at radius 3 is 2.38 bits per heavy atom. The molecule has 1 aromatic rings. The van der Waals surface area contributed by atoms with E-state index in [1.54, 1.807) is 0 Å². The van der Waals surface area contributed by atoms with Crippen molar-refractivity contribution in [3.8, 4) is 5.75 Å². The molecule has 0 N–H and O–H groups in total. The van der Waals surface area contributed by atoms with Crippen molar-refractivity contribution in [2.45, 2.75) is 20.1 Å².